The normalized spacial score (nSPS) is 15.4. The van der Waals surface area contributed by atoms with Crippen LogP contribution in [0.25, 0.3) is 0 Å². The molecule has 0 radical (unpaired) electrons. The first-order valence-electron chi connectivity index (χ1n) is 6.93. The number of nitrogens with one attached hydrogen (secondary N) is 1. The zero-order chi connectivity index (χ0) is 13.8. The molecule has 0 spiro atoms. The van der Waals surface area contributed by atoms with Gasteiger partial charge in [-0.15, -0.1) is 23.1 Å². The molecule has 1 aliphatic rings. The molecule has 0 unspecified atom stereocenters. The van der Waals surface area contributed by atoms with Gasteiger partial charge in [0.25, 0.3) is 5.91 Å². The van der Waals surface area contributed by atoms with Gasteiger partial charge in [-0.3, -0.25) is 4.79 Å². The van der Waals surface area contributed by atoms with Crippen molar-refractivity contribution in [3.63, 3.8) is 0 Å². The number of amides is 1. The van der Waals surface area contributed by atoms with Crippen LogP contribution in [0.4, 0.5) is 5.69 Å². The van der Waals surface area contributed by atoms with Crippen LogP contribution in [0, 0.1) is 0 Å². The van der Waals surface area contributed by atoms with E-state index >= 15 is 0 Å². The molecule has 0 aliphatic heterocycles. The Hall–Kier alpha value is -1.26. The molecule has 1 aromatic heterocycles. The number of para-hydroxylation sites is 1. The molecule has 1 aliphatic carbocycles. The van der Waals surface area contributed by atoms with Crippen molar-refractivity contribution >= 4 is 34.7 Å². The number of anilines is 1. The zero-order valence-corrected chi connectivity index (χ0v) is 12.8. The van der Waals surface area contributed by atoms with E-state index in [1.807, 2.05) is 47.5 Å². The van der Waals surface area contributed by atoms with E-state index in [2.05, 4.69) is 11.4 Å². The number of rotatable bonds is 4. The van der Waals surface area contributed by atoms with Crippen LogP contribution in [0.2, 0.25) is 0 Å². The number of thioether (sulfide) groups is 1. The van der Waals surface area contributed by atoms with E-state index in [1.165, 1.54) is 41.9 Å². The van der Waals surface area contributed by atoms with Gasteiger partial charge >= 0.3 is 0 Å². The van der Waals surface area contributed by atoms with Crippen molar-refractivity contribution in [2.45, 2.75) is 35.8 Å². The van der Waals surface area contributed by atoms with Gasteiger partial charge in [-0.25, -0.2) is 0 Å². The highest BCUT2D eigenvalue weighted by Crippen LogP contribution is 2.38. The van der Waals surface area contributed by atoms with Crippen molar-refractivity contribution in [3.05, 3.63) is 46.7 Å². The maximum Gasteiger partial charge on any atom is 0.265 e. The van der Waals surface area contributed by atoms with Crippen molar-refractivity contribution in [3.8, 4) is 0 Å². The fourth-order valence-corrected chi connectivity index (χ4v) is 4.40. The van der Waals surface area contributed by atoms with Crippen molar-refractivity contribution in [1.29, 1.82) is 0 Å². The summed E-state index contributed by atoms with van der Waals surface area (Å²) in [5.74, 6) is -0.0144. The Balaban J connectivity index is 1.73. The molecule has 1 aromatic carbocycles. The number of thiophene rings is 1. The van der Waals surface area contributed by atoms with Gasteiger partial charge in [0, 0.05) is 10.1 Å². The summed E-state index contributed by atoms with van der Waals surface area (Å²) in [4.78, 5) is 14.1. The van der Waals surface area contributed by atoms with Crippen LogP contribution in [-0.4, -0.2) is 11.2 Å². The maximum atomic E-state index is 12.2. The summed E-state index contributed by atoms with van der Waals surface area (Å²) in [6.45, 7) is 0. The van der Waals surface area contributed by atoms with Gasteiger partial charge in [0.05, 0.1) is 10.6 Å². The summed E-state index contributed by atoms with van der Waals surface area (Å²) in [7, 11) is 0. The minimum atomic E-state index is -0.0144. The number of hydrogen-bond acceptors (Lipinski definition) is 3. The van der Waals surface area contributed by atoms with Gasteiger partial charge < -0.3 is 5.32 Å². The Morgan fingerprint density at radius 3 is 2.70 bits per heavy atom. The molecule has 20 heavy (non-hydrogen) atoms. The van der Waals surface area contributed by atoms with Gasteiger partial charge in [0.2, 0.25) is 0 Å². The topological polar surface area (TPSA) is 29.1 Å². The molecule has 4 heteroatoms. The van der Waals surface area contributed by atoms with Crippen LogP contribution >= 0.6 is 23.1 Å². The quantitative estimate of drug-likeness (QED) is 0.857. The predicted molar refractivity (Wildman–Crippen MR) is 86.8 cm³/mol. The molecule has 0 atom stereocenters. The molecule has 0 bridgehead atoms. The molecule has 2 nitrogen and oxygen atoms in total. The minimum absolute atomic E-state index is 0.0144. The van der Waals surface area contributed by atoms with Gasteiger partial charge in [-0.1, -0.05) is 31.0 Å². The van der Waals surface area contributed by atoms with E-state index in [9.17, 15) is 4.79 Å². The van der Waals surface area contributed by atoms with Crippen LogP contribution in [-0.2, 0) is 0 Å². The lowest BCUT2D eigenvalue weighted by Crippen LogP contribution is -2.11. The maximum absolute atomic E-state index is 12.2. The first kappa shape index (κ1) is 13.7. The molecule has 1 saturated carbocycles. The molecule has 1 fully saturated rings. The van der Waals surface area contributed by atoms with Crippen molar-refractivity contribution in [1.82, 2.24) is 0 Å². The van der Waals surface area contributed by atoms with Gasteiger partial charge in [0.15, 0.2) is 0 Å². The van der Waals surface area contributed by atoms with E-state index < -0.39 is 0 Å². The predicted octanol–water partition coefficient (Wildman–Crippen LogP) is 5.04. The molecular formula is C16H17NOS2. The third-order valence-corrected chi connectivity index (χ3v) is 5.76. The third-order valence-electron chi connectivity index (χ3n) is 3.48. The Bertz CT molecular complexity index is 574. The lowest BCUT2D eigenvalue weighted by atomic mass is 10.3. The van der Waals surface area contributed by atoms with Crippen LogP contribution in [0.5, 0.6) is 0 Å². The van der Waals surface area contributed by atoms with Crippen LogP contribution < -0.4 is 5.32 Å². The molecule has 1 heterocycles. The molecule has 0 saturated heterocycles. The molecule has 3 rings (SSSR count). The fraction of sp³-hybridized carbons (Fsp3) is 0.312. The van der Waals surface area contributed by atoms with Gasteiger partial charge in [-0.05, 0) is 36.4 Å². The van der Waals surface area contributed by atoms with Gasteiger partial charge in [-0.2, -0.15) is 0 Å². The second kappa shape index (κ2) is 6.46. The second-order valence-corrected chi connectivity index (χ2v) is 7.24. The van der Waals surface area contributed by atoms with E-state index in [1.54, 1.807) is 0 Å². The second-order valence-electron chi connectivity index (χ2n) is 4.95. The van der Waals surface area contributed by atoms with Crippen LogP contribution in [0.1, 0.15) is 35.4 Å². The largest absolute Gasteiger partial charge is 0.320 e. The smallest absolute Gasteiger partial charge is 0.265 e. The van der Waals surface area contributed by atoms with E-state index in [-0.39, 0.29) is 5.91 Å². The lowest BCUT2D eigenvalue weighted by Gasteiger charge is -2.13. The fourth-order valence-electron chi connectivity index (χ4n) is 2.45. The summed E-state index contributed by atoms with van der Waals surface area (Å²) >= 11 is 3.38. The Morgan fingerprint density at radius 2 is 1.95 bits per heavy atom. The summed E-state index contributed by atoms with van der Waals surface area (Å²) in [5.41, 5.74) is 0.933. The van der Waals surface area contributed by atoms with Crippen LogP contribution in [0.3, 0.4) is 0 Å². The summed E-state index contributed by atoms with van der Waals surface area (Å²) in [6, 6.07) is 11.9. The van der Waals surface area contributed by atoms with Crippen molar-refractivity contribution < 1.29 is 4.79 Å². The zero-order valence-electron chi connectivity index (χ0n) is 11.2. The Labute approximate surface area is 127 Å². The molecule has 1 amide bonds. The number of carbonyl (C=O) groups excluding carboxylic acids is 1. The highest BCUT2D eigenvalue weighted by atomic mass is 32.2. The highest BCUT2D eigenvalue weighted by molar-refractivity contribution is 8.00. The Kier molecular flexibility index (Phi) is 4.43. The number of hydrogen-bond donors (Lipinski definition) is 1. The number of carbonyl (C=O) groups is 1. The monoisotopic (exact) mass is 303 g/mol. The van der Waals surface area contributed by atoms with E-state index in [0.29, 0.717) is 5.25 Å². The van der Waals surface area contributed by atoms with E-state index in [0.717, 1.165) is 10.6 Å². The lowest BCUT2D eigenvalue weighted by molar-refractivity contribution is 0.103. The minimum Gasteiger partial charge on any atom is -0.320 e. The SMILES string of the molecule is O=C(Nc1ccccc1SC1CCCC1)c1cccs1. The van der Waals surface area contributed by atoms with Crippen molar-refractivity contribution in [2.24, 2.45) is 0 Å². The van der Waals surface area contributed by atoms with Gasteiger partial charge in [0.1, 0.15) is 0 Å². The molecular weight excluding hydrogens is 286 g/mol. The molecule has 104 valence electrons. The standard InChI is InChI=1S/C16H17NOS2/c18-16(15-10-5-11-19-15)17-13-8-3-4-9-14(13)20-12-6-1-2-7-12/h3-5,8-12H,1-2,6-7H2,(H,17,18). The van der Waals surface area contributed by atoms with E-state index in [4.69, 9.17) is 0 Å². The third kappa shape index (κ3) is 3.25. The molecule has 1 N–H and O–H groups in total. The molecule has 2 aromatic rings. The van der Waals surface area contributed by atoms with Crippen LogP contribution in [0.15, 0.2) is 46.7 Å². The first-order valence-corrected chi connectivity index (χ1v) is 8.69. The number of benzene rings is 1. The average Bonchev–Trinajstić information content (AvgIpc) is 3.13. The summed E-state index contributed by atoms with van der Waals surface area (Å²) < 4.78 is 0. The Morgan fingerprint density at radius 1 is 1.15 bits per heavy atom. The first-order chi connectivity index (χ1) is 9.83. The average molecular weight is 303 g/mol. The summed E-state index contributed by atoms with van der Waals surface area (Å²) in [6.07, 6.45) is 5.25. The summed E-state index contributed by atoms with van der Waals surface area (Å²) in [5, 5.41) is 5.67. The van der Waals surface area contributed by atoms with Crippen molar-refractivity contribution in [2.75, 3.05) is 5.32 Å². The highest BCUT2D eigenvalue weighted by Gasteiger charge is 2.18.